The second kappa shape index (κ2) is 8.01. The number of ether oxygens (including phenoxy) is 1. The van der Waals surface area contributed by atoms with Gasteiger partial charge < -0.3 is 4.74 Å². The molecule has 0 unspecified atom stereocenters. The summed E-state index contributed by atoms with van der Waals surface area (Å²) in [6.07, 6.45) is 0. The zero-order valence-corrected chi connectivity index (χ0v) is 16.3. The molecule has 1 atom stereocenters. The molecular formula is C20H25NO4S. The van der Waals surface area contributed by atoms with Gasteiger partial charge in [0.25, 0.3) is 0 Å². The molecule has 0 aromatic heterocycles. The quantitative estimate of drug-likeness (QED) is 0.786. The van der Waals surface area contributed by atoms with Crippen LogP contribution in [0.5, 0.6) is 0 Å². The van der Waals surface area contributed by atoms with E-state index in [-0.39, 0.29) is 16.9 Å². The monoisotopic (exact) mass is 375 g/mol. The van der Waals surface area contributed by atoms with E-state index in [0.29, 0.717) is 0 Å². The van der Waals surface area contributed by atoms with Gasteiger partial charge in [0.05, 0.1) is 4.90 Å². The molecule has 1 N–H and O–H groups in total. The Bertz CT molecular complexity index is 838. The largest absolute Gasteiger partial charge is 0.460 e. The van der Waals surface area contributed by atoms with Gasteiger partial charge in [-0.2, -0.15) is 4.72 Å². The van der Waals surface area contributed by atoms with E-state index < -0.39 is 22.0 Å². The fraction of sp³-hybridized carbons (Fsp3) is 0.350. The third-order valence-electron chi connectivity index (χ3n) is 3.94. The molecule has 0 saturated carbocycles. The first kappa shape index (κ1) is 20.1. The van der Waals surface area contributed by atoms with Gasteiger partial charge in [-0.15, -0.1) is 0 Å². The lowest BCUT2D eigenvalue weighted by Crippen LogP contribution is -2.39. The van der Waals surface area contributed by atoms with Gasteiger partial charge in [-0.25, -0.2) is 8.42 Å². The van der Waals surface area contributed by atoms with E-state index in [1.165, 1.54) is 6.92 Å². The van der Waals surface area contributed by atoms with Crippen LogP contribution in [-0.4, -0.2) is 20.4 Å². The van der Waals surface area contributed by atoms with Crippen molar-refractivity contribution in [2.24, 2.45) is 0 Å². The van der Waals surface area contributed by atoms with E-state index in [2.05, 4.69) is 25.5 Å². The summed E-state index contributed by atoms with van der Waals surface area (Å²) in [6.45, 7) is 7.74. The summed E-state index contributed by atoms with van der Waals surface area (Å²) >= 11 is 0. The maximum Gasteiger partial charge on any atom is 0.324 e. The van der Waals surface area contributed by atoms with Gasteiger partial charge in [0.1, 0.15) is 12.6 Å². The zero-order valence-electron chi connectivity index (χ0n) is 15.5. The molecule has 0 amide bonds. The molecule has 2 rings (SSSR count). The highest BCUT2D eigenvalue weighted by Gasteiger charge is 2.24. The van der Waals surface area contributed by atoms with Crippen LogP contribution < -0.4 is 4.72 Å². The Labute approximate surface area is 155 Å². The Balaban J connectivity index is 2.00. The van der Waals surface area contributed by atoms with E-state index >= 15 is 0 Å². The number of esters is 1. The van der Waals surface area contributed by atoms with E-state index in [4.69, 9.17) is 4.74 Å². The lowest BCUT2D eigenvalue weighted by Gasteiger charge is -2.19. The van der Waals surface area contributed by atoms with Crippen molar-refractivity contribution in [3.8, 4) is 0 Å². The molecule has 0 radical (unpaired) electrons. The Morgan fingerprint density at radius 2 is 1.62 bits per heavy atom. The maximum absolute atomic E-state index is 12.5. The van der Waals surface area contributed by atoms with Crippen LogP contribution in [0.25, 0.3) is 0 Å². The number of hydrogen-bond donors (Lipinski definition) is 1. The first-order valence-corrected chi connectivity index (χ1v) is 9.91. The molecule has 0 aliphatic rings. The molecule has 0 spiro atoms. The fourth-order valence-electron chi connectivity index (χ4n) is 2.34. The van der Waals surface area contributed by atoms with Crippen molar-refractivity contribution in [1.82, 2.24) is 4.72 Å². The minimum atomic E-state index is -3.80. The van der Waals surface area contributed by atoms with Crippen molar-refractivity contribution in [1.29, 1.82) is 0 Å². The number of carbonyl (C=O) groups is 1. The third kappa shape index (κ3) is 5.41. The van der Waals surface area contributed by atoms with Crippen LogP contribution in [0.3, 0.4) is 0 Å². The lowest BCUT2D eigenvalue weighted by molar-refractivity contribution is -0.146. The average molecular weight is 375 g/mol. The topological polar surface area (TPSA) is 72.5 Å². The smallest absolute Gasteiger partial charge is 0.324 e. The van der Waals surface area contributed by atoms with Gasteiger partial charge in [0, 0.05) is 0 Å². The van der Waals surface area contributed by atoms with E-state index in [0.717, 1.165) is 11.1 Å². The molecule has 6 heteroatoms. The van der Waals surface area contributed by atoms with Gasteiger partial charge >= 0.3 is 5.97 Å². The number of benzene rings is 2. The highest BCUT2D eigenvalue weighted by Crippen LogP contribution is 2.23. The summed E-state index contributed by atoms with van der Waals surface area (Å²) in [5, 5.41) is 0. The molecule has 2 aromatic rings. The predicted octanol–water partition coefficient (Wildman–Crippen LogP) is 3.39. The van der Waals surface area contributed by atoms with E-state index in [1.807, 2.05) is 30.3 Å². The molecule has 0 bridgehead atoms. The third-order valence-corrected chi connectivity index (χ3v) is 5.50. The van der Waals surface area contributed by atoms with E-state index in [1.54, 1.807) is 24.3 Å². The van der Waals surface area contributed by atoms with Crippen LogP contribution in [0.15, 0.2) is 59.5 Å². The lowest BCUT2D eigenvalue weighted by atomic mass is 9.87. The van der Waals surface area contributed by atoms with Gasteiger partial charge in [-0.05, 0) is 35.6 Å². The Kier molecular flexibility index (Phi) is 6.21. The summed E-state index contributed by atoms with van der Waals surface area (Å²) in [5.74, 6) is -0.622. The molecule has 0 fully saturated rings. The number of nitrogens with one attached hydrogen (secondary N) is 1. The second-order valence-corrected chi connectivity index (χ2v) is 8.92. The molecule has 5 nitrogen and oxygen atoms in total. The summed E-state index contributed by atoms with van der Waals surface area (Å²) in [4.78, 5) is 12.2. The van der Waals surface area contributed by atoms with Crippen LogP contribution in [-0.2, 0) is 31.6 Å². The Morgan fingerprint density at radius 3 is 2.15 bits per heavy atom. The number of sulfonamides is 1. The normalized spacial score (nSPS) is 13.2. The average Bonchev–Trinajstić information content (AvgIpc) is 2.59. The molecule has 140 valence electrons. The summed E-state index contributed by atoms with van der Waals surface area (Å²) < 4.78 is 32.5. The minimum absolute atomic E-state index is 0.0652. The first-order chi connectivity index (χ1) is 12.1. The zero-order chi connectivity index (χ0) is 19.4. The highest BCUT2D eigenvalue weighted by atomic mass is 32.2. The van der Waals surface area contributed by atoms with Crippen LogP contribution in [0.2, 0.25) is 0 Å². The van der Waals surface area contributed by atoms with Crippen LogP contribution in [0, 0.1) is 0 Å². The summed E-state index contributed by atoms with van der Waals surface area (Å²) in [5.41, 5.74) is 1.81. The van der Waals surface area contributed by atoms with Gasteiger partial charge in [0.2, 0.25) is 10.0 Å². The first-order valence-electron chi connectivity index (χ1n) is 8.43. The molecule has 0 saturated heterocycles. The maximum atomic E-state index is 12.5. The molecule has 2 aromatic carbocycles. The van der Waals surface area contributed by atoms with Crippen molar-refractivity contribution < 1.29 is 17.9 Å². The highest BCUT2D eigenvalue weighted by molar-refractivity contribution is 7.89. The van der Waals surface area contributed by atoms with Crippen molar-refractivity contribution in [3.63, 3.8) is 0 Å². The fourth-order valence-corrected chi connectivity index (χ4v) is 3.53. The van der Waals surface area contributed by atoms with Crippen LogP contribution >= 0.6 is 0 Å². The molecule has 0 aliphatic carbocycles. The van der Waals surface area contributed by atoms with Gasteiger partial charge in [-0.3, -0.25) is 4.79 Å². The van der Waals surface area contributed by atoms with Crippen molar-refractivity contribution in [2.75, 3.05) is 0 Å². The van der Waals surface area contributed by atoms with Crippen LogP contribution in [0.4, 0.5) is 0 Å². The number of carbonyl (C=O) groups excluding carboxylic acids is 1. The Hall–Kier alpha value is -2.18. The van der Waals surface area contributed by atoms with Crippen molar-refractivity contribution in [2.45, 2.75) is 50.7 Å². The van der Waals surface area contributed by atoms with Crippen molar-refractivity contribution >= 4 is 16.0 Å². The van der Waals surface area contributed by atoms with Gasteiger partial charge in [-0.1, -0.05) is 63.2 Å². The van der Waals surface area contributed by atoms with Crippen LogP contribution in [0.1, 0.15) is 38.8 Å². The van der Waals surface area contributed by atoms with E-state index in [9.17, 15) is 13.2 Å². The Morgan fingerprint density at radius 1 is 1.04 bits per heavy atom. The predicted molar refractivity (Wildman–Crippen MR) is 101 cm³/mol. The SMILES string of the molecule is C[C@H](NS(=O)(=O)c1ccc(C(C)(C)C)cc1)C(=O)OCc1ccccc1. The summed E-state index contributed by atoms with van der Waals surface area (Å²) in [6, 6.07) is 14.9. The molecule has 0 heterocycles. The number of rotatable bonds is 6. The summed E-state index contributed by atoms with van der Waals surface area (Å²) in [7, 11) is -3.80. The standard InChI is InChI=1S/C20H25NO4S/c1-15(19(22)25-14-16-8-6-5-7-9-16)21-26(23,24)18-12-10-17(11-13-18)20(2,3)4/h5-13,15,21H,14H2,1-4H3/t15-/m0/s1. The number of hydrogen-bond acceptors (Lipinski definition) is 4. The second-order valence-electron chi connectivity index (χ2n) is 7.21. The van der Waals surface area contributed by atoms with Gasteiger partial charge in [0.15, 0.2) is 0 Å². The molecular weight excluding hydrogens is 350 g/mol. The molecule has 0 aliphatic heterocycles. The minimum Gasteiger partial charge on any atom is -0.460 e. The van der Waals surface area contributed by atoms with Crippen molar-refractivity contribution in [3.05, 3.63) is 65.7 Å². The molecule has 26 heavy (non-hydrogen) atoms.